The van der Waals surface area contributed by atoms with Crippen molar-refractivity contribution in [2.24, 2.45) is 5.73 Å². The van der Waals surface area contributed by atoms with Crippen molar-refractivity contribution in [2.75, 3.05) is 20.6 Å². The monoisotopic (exact) mass is 298 g/mol. The molecular formula is C16H27ClN2O. The highest BCUT2D eigenvalue weighted by Crippen LogP contribution is 2.09. The highest BCUT2D eigenvalue weighted by molar-refractivity contribution is 5.85. The third-order valence-electron chi connectivity index (χ3n) is 2.61. The topological polar surface area (TPSA) is 43.1 Å². The van der Waals surface area contributed by atoms with E-state index in [4.69, 9.17) is 0 Å². The second-order valence-corrected chi connectivity index (χ2v) is 5.21. The van der Waals surface area contributed by atoms with Crippen LogP contribution in [0.3, 0.4) is 0 Å². The summed E-state index contributed by atoms with van der Waals surface area (Å²) in [5.41, 5.74) is 6.11. The van der Waals surface area contributed by atoms with E-state index in [0.29, 0.717) is 0 Å². The summed E-state index contributed by atoms with van der Waals surface area (Å²) in [7, 11) is 4.58. The number of hydrogen-bond donors (Lipinski definition) is 1. The lowest BCUT2D eigenvalue weighted by Crippen LogP contribution is -3.00. The predicted octanol–water partition coefficient (Wildman–Crippen LogP) is -0.275. The molecule has 0 aliphatic heterocycles. The predicted molar refractivity (Wildman–Crippen MR) is 81.4 cm³/mol. The summed E-state index contributed by atoms with van der Waals surface area (Å²) in [5, 5.41) is 0. The number of allylic oxidation sites excluding steroid dienone is 1. The van der Waals surface area contributed by atoms with E-state index in [1.165, 1.54) is 24.6 Å². The Balaban J connectivity index is 0. The molecule has 0 bridgehead atoms. The van der Waals surface area contributed by atoms with Gasteiger partial charge in [-0.1, -0.05) is 43.3 Å². The Morgan fingerprint density at radius 3 is 2.15 bits per heavy atom. The standard InChI is InChI=1S/C12H20N.C4H7NO.ClH/c1-4-10-13(2,3)11-12-8-6-5-7-9-12;1-2-3-4(5)6;/h5-9H,4,10-11H2,1-3H3;2-3H,1H3,(H2,5,6);1H/q+1;;/p-1. The van der Waals surface area contributed by atoms with E-state index in [0.717, 1.165) is 11.0 Å². The average molecular weight is 299 g/mol. The van der Waals surface area contributed by atoms with Gasteiger partial charge in [-0.05, 0) is 19.4 Å². The summed E-state index contributed by atoms with van der Waals surface area (Å²) in [6.45, 7) is 6.36. The van der Waals surface area contributed by atoms with Gasteiger partial charge in [-0.25, -0.2) is 0 Å². The molecule has 4 heteroatoms. The molecule has 1 rings (SSSR count). The van der Waals surface area contributed by atoms with Crippen molar-refractivity contribution in [3.63, 3.8) is 0 Å². The molecule has 0 unspecified atom stereocenters. The van der Waals surface area contributed by atoms with Crippen LogP contribution in [-0.2, 0) is 11.3 Å². The van der Waals surface area contributed by atoms with Gasteiger partial charge in [-0.15, -0.1) is 0 Å². The second-order valence-electron chi connectivity index (χ2n) is 5.21. The Morgan fingerprint density at radius 1 is 1.25 bits per heavy atom. The minimum absolute atomic E-state index is 0. The van der Waals surface area contributed by atoms with Crippen molar-refractivity contribution >= 4 is 5.91 Å². The Hall–Kier alpha value is -1.32. The highest BCUT2D eigenvalue weighted by atomic mass is 35.5. The number of rotatable bonds is 5. The fraction of sp³-hybridized carbons (Fsp3) is 0.438. The Labute approximate surface area is 129 Å². The van der Waals surface area contributed by atoms with E-state index in [2.05, 4.69) is 57.1 Å². The first-order valence-electron chi connectivity index (χ1n) is 6.69. The Bertz CT molecular complexity index is 389. The zero-order valence-electron chi connectivity index (χ0n) is 13.0. The first kappa shape index (κ1) is 21.0. The fourth-order valence-corrected chi connectivity index (χ4v) is 1.93. The number of nitrogens with zero attached hydrogens (tertiary/aromatic N) is 1. The van der Waals surface area contributed by atoms with E-state index in [9.17, 15) is 4.79 Å². The van der Waals surface area contributed by atoms with Gasteiger partial charge in [-0.3, -0.25) is 4.79 Å². The Kier molecular flexibility index (Phi) is 12.1. The van der Waals surface area contributed by atoms with Gasteiger partial charge in [0, 0.05) is 5.56 Å². The van der Waals surface area contributed by atoms with Gasteiger partial charge in [0.2, 0.25) is 5.91 Å². The number of nitrogens with two attached hydrogens (primary N) is 1. The minimum Gasteiger partial charge on any atom is -1.00 e. The number of hydrogen-bond acceptors (Lipinski definition) is 1. The molecule has 1 aromatic carbocycles. The van der Waals surface area contributed by atoms with Crippen LogP contribution in [0.2, 0.25) is 0 Å². The lowest BCUT2D eigenvalue weighted by molar-refractivity contribution is -0.903. The van der Waals surface area contributed by atoms with Gasteiger partial charge in [0.15, 0.2) is 0 Å². The van der Waals surface area contributed by atoms with Gasteiger partial charge in [0.05, 0.1) is 20.6 Å². The van der Waals surface area contributed by atoms with Crippen LogP contribution >= 0.6 is 0 Å². The van der Waals surface area contributed by atoms with Crippen molar-refractivity contribution in [3.8, 4) is 0 Å². The first-order chi connectivity index (χ1) is 8.91. The van der Waals surface area contributed by atoms with Crippen molar-refractivity contribution in [3.05, 3.63) is 48.0 Å². The quantitative estimate of drug-likeness (QED) is 0.590. The van der Waals surface area contributed by atoms with E-state index in [-0.39, 0.29) is 12.4 Å². The number of quaternary nitrogens is 1. The molecule has 20 heavy (non-hydrogen) atoms. The minimum atomic E-state index is -0.391. The van der Waals surface area contributed by atoms with Crippen LogP contribution < -0.4 is 18.1 Å². The lowest BCUT2D eigenvalue weighted by atomic mass is 10.2. The van der Waals surface area contributed by atoms with Crippen LogP contribution in [0.4, 0.5) is 0 Å². The number of halogens is 1. The number of benzene rings is 1. The molecule has 114 valence electrons. The summed E-state index contributed by atoms with van der Waals surface area (Å²) in [6, 6.07) is 10.7. The van der Waals surface area contributed by atoms with Crippen molar-refractivity contribution in [2.45, 2.75) is 26.8 Å². The lowest BCUT2D eigenvalue weighted by Gasteiger charge is -2.29. The van der Waals surface area contributed by atoms with E-state index in [1.54, 1.807) is 13.0 Å². The molecule has 0 heterocycles. The molecule has 0 aromatic heterocycles. The van der Waals surface area contributed by atoms with Crippen LogP contribution in [0.25, 0.3) is 0 Å². The third kappa shape index (κ3) is 11.8. The average Bonchev–Trinajstić information content (AvgIpc) is 2.30. The zero-order chi connectivity index (χ0) is 14.7. The maximum Gasteiger partial charge on any atom is 0.241 e. The summed E-state index contributed by atoms with van der Waals surface area (Å²) < 4.78 is 1.08. The van der Waals surface area contributed by atoms with Gasteiger partial charge in [-0.2, -0.15) is 0 Å². The fourth-order valence-electron chi connectivity index (χ4n) is 1.93. The largest absolute Gasteiger partial charge is 1.00 e. The van der Waals surface area contributed by atoms with Crippen LogP contribution in [0.15, 0.2) is 42.5 Å². The Morgan fingerprint density at radius 2 is 1.80 bits per heavy atom. The molecule has 1 amide bonds. The van der Waals surface area contributed by atoms with Crippen LogP contribution in [0.5, 0.6) is 0 Å². The SMILES string of the molecule is CC=CC(N)=O.CCC[N+](C)(C)Cc1ccccc1.[Cl-]. The molecule has 0 radical (unpaired) electrons. The maximum absolute atomic E-state index is 9.73. The molecule has 0 spiro atoms. The molecule has 0 saturated carbocycles. The molecule has 1 aromatic rings. The van der Waals surface area contributed by atoms with Crippen molar-refractivity contribution < 1.29 is 21.7 Å². The zero-order valence-corrected chi connectivity index (χ0v) is 13.7. The summed E-state index contributed by atoms with van der Waals surface area (Å²) in [6.07, 6.45) is 4.15. The highest BCUT2D eigenvalue weighted by Gasteiger charge is 2.13. The van der Waals surface area contributed by atoms with Gasteiger partial charge >= 0.3 is 0 Å². The molecule has 0 aliphatic rings. The maximum atomic E-state index is 9.73. The van der Waals surface area contributed by atoms with E-state index < -0.39 is 5.91 Å². The van der Waals surface area contributed by atoms with Crippen LogP contribution in [-0.4, -0.2) is 31.0 Å². The molecule has 3 nitrogen and oxygen atoms in total. The molecule has 0 saturated heterocycles. The number of primary amides is 1. The summed E-state index contributed by atoms with van der Waals surface area (Å²) in [4.78, 5) is 9.73. The van der Waals surface area contributed by atoms with Crippen molar-refractivity contribution in [1.29, 1.82) is 0 Å². The van der Waals surface area contributed by atoms with Gasteiger partial charge in [0.1, 0.15) is 6.54 Å². The third-order valence-corrected chi connectivity index (χ3v) is 2.61. The first-order valence-corrected chi connectivity index (χ1v) is 6.69. The van der Waals surface area contributed by atoms with Crippen LogP contribution in [0, 0.1) is 0 Å². The van der Waals surface area contributed by atoms with Gasteiger partial charge < -0.3 is 22.6 Å². The number of carbonyl (C=O) groups excluding carboxylic acids is 1. The second kappa shape index (κ2) is 11.5. The molecule has 2 N–H and O–H groups in total. The summed E-state index contributed by atoms with van der Waals surface area (Å²) in [5.74, 6) is -0.391. The smallest absolute Gasteiger partial charge is 0.241 e. The molecular weight excluding hydrogens is 272 g/mol. The number of amides is 1. The van der Waals surface area contributed by atoms with Gasteiger partial charge in [0.25, 0.3) is 0 Å². The normalized spacial score (nSPS) is 10.4. The summed E-state index contributed by atoms with van der Waals surface area (Å²) >= 11 is 0. The molecule has 0 aliphatic carbocycles. The molecule has 0 fully saturated rings. The van der Waals surface area contributed by atoms with E-state index >= 15 is 0 Å². The number of carbonyl (C=O) groups is 1. The van der Waals surface area contributed by atoms with Crippen LogP contribution in [0.1, 0.15) is 25.8 Å². The van der Waals surface area contributed by atoms with Crippen molar-refractivity contribution in [1.82, 2.24) is 0 Å². The molecule has 0 atom stereocenters. The van der Waals surface area contributed by atoms with E-state index in [1.807, 2.05) is 0 Å².